The van der Waals surface area contributed by atoms with Gasteiger partial charge in [0.25, 0.3) is 5.91 Å². The van der Waals surface area contributed by atoms with Crippen LogP contribution in [-0.4, -0.2) is 73.3 Å². The topological polar surface area (TPSA) is 118 Å². The van der Waals surface area contributed by atoms with E-state index in [0.29, 0.717) is 26.0 Å². The maximum atomic E-state index is 12.4. The van der Waals surface area contributed by atoms with Gasteiger partial charge in [-0.05, 0) is 31.6 Å². The molecule has 0 bridgehead atoms. The van der Waals surface area contributed by atoms with Gasteiger partial charge in [0.1, 0.15) is 5.56 Å². The quantitative estimate of drug-likeness (QED) is 0.372. The Morgan fingerprint density at radius 2 is 2.10 bits per heavy atom. The van der Waals surface area contributed by atoms with E-state index in [1.165, 1.54) is 13.3 Å². The molecule has 162 valence electrons. The number of halogens is 2. The van der Waals surface area contributed by atoms with Gasteiger partial charge >= 0.3 is 6.61 Å². The summed E-state index contributed by atoms with van der Waals surface area (Å²) >= 11 is 0. The molecule has 0 aromatic carbocycles. The Hall–Kier alpha value is -2.24. The number of aliphatic hydroxyl groups excluding tert-OH is 1. The molecule has 0 spiro atoms. The second-order valence-corrected chi connectivity index (χ2v) is 6.58. The zero-order valence-electron chi connectivity index (χ0n) is 16.3. The minimum atomic E-state index is -2.84. The molecule has 1 aliphatic rings. The Morgan fingerprint density at radius 1 is 1.34 bits per heavy atom. The van der Waals surface area contributed by atoms with Crippen molar-refractivity contribution in [3.05, 3.63) is 11.8 Å². The first-order valence-electron chi connectivity index (χ1n) is 9.49. The Balaban J connectivity index is 2.08. The number of nitrogens with one attached hydrogen (secondary N) is 2. The van der Waals surface area contributed by atoms with Crippen LogP contribution in [0.1, 0.15) is 36.0 Å². The molecular weight excluding hydrogens is 388 g/mol. The Kier molecular flexibility index (Phi) is 9.81. The number of aromatic nitrogens is 2. The van der Waals surface area contributed by atoms with Crippen LogP contribution in [0.25, 0.3) is 0 Å². The third-order valence-electron chi connectivity index (χ3n) is 4.38. The molecule has 0 aliphatic heterocycles. The number of amides is 1. The van der Waals surface area contributed by atoms with Crippen LogP contribution >= 0.6 is 0 Å². The predicted molar refractivity (Wildman–Crippen MR) is 103 cm³/mol. The zero-order chi connectivity index (χ0) is 21.1. The van der Waals surface area contributed by atoms with Crippen LogP contribution in [0.4, 0.5) is 20.5 Å². The highest BCUT2D eigenvalue weighted by atomic mass is 19.3. The molecule has 3 N–H and O–H groups in total. The molecule has 1 amide bonds. The summed E-state index contributed by atoms with van der Waals surface area (Å²) in [7, 11) is 1.53. The Labute approximate surface area is 167 Å². The molecule has 1 fully saturated rings. The van der Waals surface area contributed by atoms with Crippen LogP contribution in [0.5, 0.6) is 0 Å². The molecule has 11 heteroatoms. The van der Waals surface area contributed by atoms with E-state index in [0.717, 1.165) is 12.8 Å². The van der Waals surface area contributed by atoms with Crippen molar-refractivity contribution >= 4 is 23.9 Å². The van der Waals surface area contributed by atoms with Crippen LogP contribution in [0, 0.1) is 5.92 Å². The van der Waals surface area contributed by atoms with Gasteiger partial charge in [0.05, 0.1) is 19.3 Å². The van der Waals surface area contributed by atoms with Crippen molar-refractivity contribution in [2.75, 3.05) is 38.7 Å². The van der Waals surface area contributed by atoms with Crippen molar-refractivity contribution in [3.8, 4) is 0 Å². The van der Waals surface area contributed by atoms with E-state index >= 15 is 0 Å². The van der Waals surface area contributed by atoms with Crippen molar-refractivity contribution in [1.82, 2.24) is 15.3 Å². The van der Waals surface area contributed by atoms with Gasteiger partial charge in [-0.1, -0.05) is 0 Å². The van der Waals surface area contributed by atoms with Crippen LogP contribution in [0.15, 0.2) is 11.2 Å². The first-order valence-corrected chi connectivity index (χ1v) is 9.49. The van der Waals surface area contributed by atoms with E-state index < -0.39 is 6.61 Å². The lowest BCUT2D eigenvalue weighted by Crippen LogP contribution is -2.27. The fraction of sp³-hybridized carbons (Fsp3) is 0.667. The molecule has 29 heavy (non-hydrogen) atoms. The second kappa shape index (κ2) is 12.3. The van der Waals surface area contributed by atoms with Crippen LogP contribution in [-0.2, 0) is 9.47 Å². The Morgan fingerprint density at radius 3 is 2.79 bits per heavy atom. The highest BCUT2D eigenvalue weighted by Crippen LogP contribution is 2.24. The standard InChI is InChI=1S/C18H27F2N5O4/c1-28-8-6-21-16(27)14-11-24-18(22-7-9-29-17(19)20)25-15(14)23-10-12-2-4-13(26)5-3-12/h10-13,17,26H,2-9H2,1H3,(H,21,27)(H,22,24,25)/b23-10-. The molecule has 9 nitrogen and oxygen atoms in total. The van der Waals surface area contributed by atoms with E-state index in [2.05, 4.69) is 30.3 Å². The van der Waals surface area contributed by atoms with Crippen molar-refractivity contribution in [2.45, 2.75) is 38.4 Å². The first kappa shape index (κ1) is 23.0. The van der Waals surface area contributed by atoms with Crippen molar-refractivity contribution in [2.24, 2.45) is 10.9 Å². The highest BCUT2D eigenvalue weighted by Gasteiger charge is 2.19. The van der Waals surface area contributed by atoms with Crippen LogP contribution in [0.2, 0.25) is 0 Å². The lowest BCUT2D eigenvalue weighted by molar-refractivity contribution is -0.125. The van der Waals surface area contributed by atoms with E-state index in [1.54, 1.807) is 6.21 Å². The van der Waals surface area contributed by atoms with Gasteiger partial charge in [-0.15, -0.1) is 0 Å². The number of hydrogen-bond donors (Lipinski definition) is 3. The van der Waals surface area contributed by atoms with Gasteiger partial charge < -0.3 is 25.2 Å². The number of ether oxygens (including phenoxy) is 2. The largest absolute Gasteiger partial charge is 0.393 e. The summed E-state index contributed by atoms with van der Waals surface area (Å²) in [4.78, 5) is 25.1. The highest BCUT2D eigenvalue weighted by molar-refractivity contribution is 5.98. The van der Waals surface area contributed by atoms with Crippen LogP contribution < -0.4 is 10.6 Å². The third kappa shape index (κ3) is 8.34. The fourth-order valence-electron chi connectivity index (χ4n) is 2.82. The van der Waals surface area contributed by atoms with E-state index in [-0.39, 0.29) is 48.4 Å². The van der Waals surface area contributed by atoms with E-state index in [9.17, 15) is 18.7 Å². The van der Waals surface area contributed by atoms with Gasteiger partial charge in [-0.25, -0.2) is 9.98 Å². The minimum absolute atomic E-state index is 0.0768. The molecule has 0 atom stereocenters. The number of aliphatic hydroxyl groups is 1. The molecule has 1 aromatic heterocycles. The SMILES string of the molecule is COCCNC(=O)c1cnc(NCCOC(F)F)nc1/N=C\C1CCC(O)CC1. The van der Waals surface area contributed by atoms with Crippen molar-refractivity contribution in [1.29, 1.82) is 0 Å². The molecule has 1 saturated carbocycles. The maximum Gasteiger partial charge on any atom is 0.345 e. The number of hydrogen-bond acceptors (Lipinski definition) is 8. The molecule has 0 saturated heterocycles. The smallest absolute Gasteiger partial charge is 0.345 e. The second-order valence-electron chi connectivity index (χ2n) is 6.58. The summed E-state index contributed by atoms with van der Waals surface area (Å²) in [5, 5.41) is 15.1. The summed E-state index contributed by atoms with van der Waals surface area (Å²) in [6.45, 7) is -2.30. The van der Waals surface area contributed by atoms with Gasteiger partial charge in [0, 0.05) is 32.6 Å². The molecule has 1 heterocycles. The molecule has 0 radical (unpaired) electrons. The van der Waals surface area contributed by atoms with Crippen molar-refractivity contribution < 1.29 is 28.2 Å². The number of alkyl halides is 2. The van der Waals surface area contributed by atoms with E-state index in [1.807, 2.05) is 0 Å². The average Bonchev–Trinajstić information content (AvgIpc) is 2.71. The number of carbonyl (C=O) groups is 1. The molecule has 2 rings (SSSR count). The number of nitrogens with zero attached hydrogens (tertiary/aromatic N) is 3. The summed E-state index contributed by atoms with van der Waals surface area (Å²) in [5.74, 6) is 0.135. The normalized spacial score (nSPS) is 19.6. The average molecular weight is 415 g/mol. The monoisotopic (exact) mass is 415 g/mol. The van der Waals surface area contributed by atoms with Gasteiger partial charge in [-0.3, -0.25) is 4.79 Å². The van der Waals surface area contributed by atoms with Crippen molar-refractivity contribution in [3.63, 3.8) is 0 Å². The number of aliphatic imine (C=N–C) groups is 1. The number of rotatable bonds is 11. The van der Waals surface area contributed by atoms with Gasteiger partial charge in [0.15, 0.2) is 5.82 Å². The number of anilines is 1. The minimum Gasteiger partial charge on any atom is -0.393 e. The Bertz CT molecular complexity index is 670. The molecule has 1 aliphatic carbocycles. The predicted octanol–water partition coefficient (Wildman–Crippen LogP) is 1.76. The summed E-state index contributed by atoms with van der Waals surface area (Å²) < 4.78 is 33.1. The summed E-state index contributed by atoms with van der Waals surface area (Å²) in [6.07, 6.45) is 5.84. The molecule has 0 unspecified atom stereocenters. The van der Waals surface area contributed by atoms with E-state index in [4.69, 9.17) is 4.74 Å². The van der Waals surface area contributed by atoms with Gasteiger partial charge in [-0.2, -0.15) is 13.8 Å². The lowest BCUT2D eigenvalue weighted by Gasteiger charge is -2.22. The first-order chi connectivity index (χ1) is 14.0. The lowest BCUT2D eigenvalue weighted by atomic mass is 9.88. The number of methoxy groups -OCH3 is 1. The third-order valence-corrected chi connectivity index (χ3v) is 4.38. The fourth-order valence-corrected chi connectivity index (χ4v) is 2.82. The summed E-state index contributed by atoms with van der Waals surface area (Å²) in [6, 6.07) is 0. The molecular formula is C18H27F2N5O4. The molecule has 1 aromatic rings. The summed E-state index contributed by atoms with van der Waals surface area (Å²) in [5.41, 5.74) is 0.197. The maximum absolute atomic E-state index is 12.4. The number of carbonyl (C=O) groups excluding carboxylic acids is 1. The van der Waals surface area contributed by atoms with Gasteiger partial charge in [0.2, 0.25) is 5.95 Å². The van der Waals surface area contributed by atoms with Crippen LogP contribution in [0.3, 0.4) is 0 Å². The zero-order valence-corrected chi connectivity index (χ0v) is 16.3.